The van der Waals surface area contributed by atoms with E-state index in [2.05, 4.69) is 70.8 Å². The predicted molar refractivity (Wildman–Crippen MR) is 226 cm³/mol. The Kier molecular flexibility index (Phi) is 13.4. The molecule has 56 heavy (non-hydrogen) atoms. The van der Waals surface area contributed by atoms with Crippen molar-refractivity contribution in [2.75, 3.05) is 0 Å². The number of pyridine rings is 2. The molecular formula is C48H52N4O4. The molecule has 2 aromatic heterocycles. The SMILES string of the molecule is Cc1cc(C)c(CNC(=O)c2ccc([C@@H](C)c3ccccc3)cc2C)c(=O)[nH]1.Cc1cc(C)c(CNC(=O)c2ccc([C@H](C)c3ccccc3)cc2C)c(=O)[nH]1. The van der Waals surface area contributed by atoms with Gasteiger partial charge in [0.05, 0.1) is 0 Å². The summed E-state index contributed by atoms with van der Waals surface area (Å²) in [5.41, 5.74) is 12.2. The van der Waals surface area contributed by atoms with Crippen LogP contribution in [0.1, 0.15) is 113 Å². The normalized spacial score (nSPS) is 11.9. The summed E-state index contributed by atoms with van der Waals surface area (Å²) in [6.45, 7) is 16.1. The second-order valence-corrected chi connectivity index (χ2v) is 14.7. The number of carbonyl (C=O) groups is 2. The molecule has 0 fully saturated rings. The van der Waals surface area contributed by atoms with E-state index < -0.39 is 0 Å². The minimum atomic E-state index is -0.171. The van der Waals surface area contributed by atoms with E-state index in [9.17, 15) is 19.2 Å². The van der Waals surface area contributed by atoms with E-state index in [0.717, 1.165) is 33.6 Å². The van der Waals surface area contributed by atoms with Crippen LogP contribution in [0, 0.1) is 41.5 Å². The first-order valence-electron chi connectivity index (χ1n) is 19.0. The van der Waals surface area contributed by atoms with Crippen molar-refractivity contribution in [2.45, 2.75) is 80.3 Å². The summed E-state index contributed by atoms with van der Waals surface area (Å²) in [6.07, 6.45) is 0. The van der Waals surface area contributed by atoms with Crippen LogP contribution in [-0.4, -0.2) is 21.8 Å². The Balaban J connectivity index is 0.000000214. The maximum absolute atomic E-state index is 12.7. The lowest BCUT2D eigenvalue weighted by Gasteiger charge is -2.15. The number of amides is 2. The Morgan fingerprint density at radius 3 is 1.16 bits per heavy atom. The van der Waals surface area contributed by atoms with Gasteiger partial charge in [-0.1, -0.05) is 98.8 Å². The van der Waals surface area contributed by atoms with Crippen LogP contribution >= 0.6 is 0 Å². The van der Waals surface area contributed by atoms with Gasteiger partial charge in [-0.2, -0.15) is 0 Å². The second kappa shape index (κ2) is 18.4. The number of benzene rings is 4. The van der Waals surface area contributed by atoms with Crippen LogP contribution < -0.4 is 21.8 Å². The second-order valence-electron chi connectivity index (χ2n) is 14.7. The standard InChI is InChI=1S/2C24H26N2O2/c2*1-15-12-17(3)26-24(28)22(15)14-25-23(27)21-11-10-20(13-16(21)2)18(4)19-8-6-5-7-9-19/h2*5-13,18H,14H2,1-4H3,(H,25,27)(H,26,28)/t2*18-/m10/s1. The highest BCUT2D eigenvalue weighted by Gasteiger charge is 2.16. The zero-order valence-electron chi connectivity index (χ0n) is 33.6. The van der Waals surface area contributed by atoms with Gasteiger partial charge in [0.15, 0.2) is 0 Å². The van der Waals surface area contributed by atoms with Gasteiger partial charge in [0.2, 0.25) is 0 Å². The van der Waals surface area contributed by atoms with Crippen molar-refractivity contribution in [3.05, 3.63) is 208 Å². The molecule has 2 atom stereocenters. The van der Waals surface area contributed by atoms with Crippen molar-refractivity contribution >= 4 is 11.8 Å². The molecule has 8 heteroatoms. The molecule has 2 amide bonds. The molecular weight excluding hydrogens is 697 g/mol. The maximum atomic E-state index is 12.7. The number of carbonyl (C=O) groups excluding carboxylic acids is 2. The van der Waals surface area contributed by atoms with Crippen LogP contribution in [-0.2, 0) is 13.1 Å². The summed E-state index contributed by atoms with van der Waals surface area (Å²) in [6, 6.07) is 36.3. The molecule has 2 heterocycles. The Morgan fingerprint density at radius 2 is 0.839 bits per heavy atom. The molecule has 4 aromatic carbocycles. The third kappa shape index (κ3) is 10.1. The van der Waals surface area contributed by atoms with Gasteiger partial charge in [-0.15, -0.1) is 0 Å². The molecule has 6 rings (SSSR count). The van der Waals surface area contributed by atoms with Crippen molar-refractivity contribution in [3.8, 4) is 0 Å². The van der Waals surface area contributed by atoms with E-state index in [1.165, 1.54) is 22.3 Å². The zero-order valence-corrected chi connectivity index (χ0v) is 33.6. The Bertz CT molecular complexity index is 2280. The van der Waals surface area contributed by atoms with Crippen molar-refractivity contribution in [1.29, 1.82) is 0 Å². The largest absolute Gasteiger partial charge is 0.348 e. The number of aromatic nitrogens is 2. The highest BCUT2D eigenvalue weighted by atomic mass is 16.2. The van der Waals surface area contributed by atoms with E-state index in [0.29, 0.717) is 22.3 Å². The van der Waals surface area contributed by atoms with E-state index >= 15 is 0 Å². The quantitative estimate of drug-likeness (QED) is 0.112. The van der Waals surface area contributed by atoms with Gasteiger partial charge in [0.1, 0.15) is 0 Å². The third-order valence-corrected chi connectivity index (χ3v) is 10.4. The highest BCUT2D eigenvalue weighted by molar-refractivity contribution is 5.96. The van der Waals surface area contributed by atoms with Crippen LogP contribution in [0.2, 0.25) is 0 Å². The van der Waals surface area contributed by atoms with Crippen LogP contribution in [0.5, 0.6) is 0 Å². The molecule has 0 saturated carbocycles. The lowest BCUT2D eigenvalue weighted by atomic mass is 9.91. The van der Waals surface area contributed by atoms with Crippen LogP contribution in [0.15, 0.2) is 119 Å². The summed E-state index contributed by atoms with van der Waals surface area (Å²) in [7, 11) is 0. The summed E-state index contributed by atoms with van der Waals surface area (Å²) >= 11 is 0. The van der Waals surface area contributed by atoms with Crippen LogP contribution in [0.3, 0.4) is 0 Å². The minimum Gasteiger partial charge on any atom is -0.348 e. The van der Waals surface area contributed by atoms with Gasteiger partial charge in [-0.05, 0) is 110 Å². The van der Waals surface area contributed by atoms with Crippen molar-refractivity contribution in [2.24, 2.45) is 0 Å². The fourth-order valence-electron chi connectivity index (χ4n) is 7.02. The van der Waals surface area contributed by atoms with E-state index in [1.54, 1.807) is 0 Å². The lowest BCUT2D eigenvalue weighted by Crippen LogP contribution is -2.28. The molecule has 0 bridgehead atoms. The van der Waals surface area contributed by atoms with Gasteiger partial charge in [0.25, 0.3) is 22.9 Å². The number of H-pyrrole nitrogens is 2. The topological polar surface area (TPSA) is 124 Å². The molecule has 0 spiro atoms. The average Bonchev–Trinajstić information content (AvgIpc) is 3.17. The molecule has 0 aliphatic carbocycles. The number of aryl methyl sites for hydroxylation is 6. The molecule has 0 aliphatic heterocycles. The van der Waals surface area contributed by atoms with Gasteiger partial charge in [-0.25, -0.2) is 0 Å². The summed E-state index contributed by atoms with van der Waals surface area (Å²) in [4.78, 5) is 55.1. The Labute approximate surface area is 329 Å². The van der Waals surface area contributed by atoms with Gasteiger partial charge in [-0.3, -0.25) is 19.2 Å². The van der Waals surface area contributed by atoms with Crippen LogP contribution in [0.4, 0.5) is 0 Å². The molecule has 8 nitrogen and oxygen atoms in total. The van der Waals surface area contributed by atoms with Crippen molar-refractivity contribution in [1.82, 2.24) is 20.6 Å². The molecule has 288 valence electrons. The molecule has 0 unspecified atom stereocenters. The number of nitrogens with one attached hydrogen (secondary N) is 4. The van der Waals surface area contributed by atoms with E-state index in [-0.39, 0.29) is 47.9 Å². The zero-order chi connectivity index (χ0) is 40.5. The number of hydrogen-bond acceptors (Lipinski definition) is 4. The molecule has 0 radical (unpaired) electrons. The van der Waals surface area contributed by atoms with Gasteiger partial charge >= 0.3 is 0 Å². The minimum absolute atomic E-state index is 0.151. The fourth-order valence-corrected chi connectivity index (χ4v) is 7.02. The molecule has 4 N–H and O–H groups in total. The fraction of sp³-hybridized carbons (Fsp3) is 0.250. The van der Waals surface area contributed by atoms with Crippen molar-refractivity contribution < 1.29 is 9.59 Å². The number of aromatic amines is 2. The lowest BCUT2D eigenvalue weighted by molar-refractivity contribution is 0.0942. The summed E-state index contributed by atoms with van der Waals surface area (Å²) < 4.78 is 0. The first-order valence-corrected chi connectivity index (χ1v) is 19.0. The summed E-state index contributed by atoms with van der Waals surface area (Å²) in [5.74, 6) is 0.170. The molecule has 0 saturated heterocycles. The number of rotatable bonds is 10. The van der Waals surface area contributed by atoms with E-state index in [1.807, 2.05) is 114 Å². The van der Waals surface area contributed by atoms with Gasteiger partial charge < -0.3 is 20.6 Å². The molecule has 0 aliphatic rings. The smallest absolute Gasteiger partial charge is 0.253 e. The van der Waals surface area contributed by atoms with E-state index in [4.69, 9.17) is 0 Å². The van der Waals surface area contributed by atoms with Crippen LogP contribution in [0.25, 0.3) is 0 Å². The number of hydrogen-bond donors (Lipinski definition) is 4. The molecule has 6 aromatic rings. The Hall–Kier alpha value is -6.28. The monoisotopic (exact) mass is 748 g/mol. The van der Waals surface area contributed by atoms with Gasteiger partial charge in [0, 0.05) is 58.6 Å². The first-order chi connectivity index (χ1) is 26.7. The summed E-state index contributed by atoms with van der Waals surface area (Å²) in [5, 5.41) is 5.76. The Morgan fingerprint density at radius 1 is 0.482 bits per heavy atom. The highest BCUT2D eigenvalue weighted by Crippen LogP contribution is 2.27. The maximum Gasteiger partial charge on any atom is 0.253 e. The van der Waals surface area contributed by atoms with Crippen molar-refractivity contribution in [3.63, 3.8) is 0 Å². The first kappa shape index (κ1) is 40.9. The predicted octanol–water partition coefficient (Wildman–Crippen LogP) is 8.76. The third-order valence-electron chi connectivity index (χ3n) is 10.4. The average molecular weight is 749 g/mol.